The first-order valence-corrected chi connectivity index (χ1v) is 7.33. The van der Waals surface area contributed by atoms with Gasteiger partial charge in [-0.1, -0.05) is 23.6 Å². The molecule has 0 saturated carbocycles. The van der Waals surface area contributed by atoms with Crippen LogP contribution < -0.4 is 34.9 Å². The van der Waals surface area contributed by atoms with E-state index in [1.807, 2.05) is 0 Å². The standard InChI is InChI=1S/C6H6O3S.C5H5N2OS.Na/c7-10(8,9)6-4-2-1-3-5-6;1-4(8)7-5-6-2-3-9-5;/h1-5H,(H,7,8,9);3H,1H3,(H,6,7,8);/q;-1;+1. The molecule has 0 bridgehead atoms. The molecule has 2 rings (SSSR count). The van der Waals surface area contributed by atoms with Gasteiger partial charge in [-0.2, -0.15) is 8.42 Å². The van der Waals surface area contributed by atoms with Crippen molar-refractivity contribution in [1.82, 2.24) is 4.98 Å². The Balaban J connectivity index is 0.000000345. The number of nitrogens with zero attached hydrogens (tertiary/aromatic N) is 1. The van der Waals surface area contributed by atoms with Crippen LogP contribution in [0.3, 0.4) is 0 Å². The van der Waals surface area contributed by atoms with E-state index in [-0.39, 0.29) is 40.4 Å². The van der Waals surface area contributed by atoms with Gasteiger partial charge in [-0.05, 0) is 12.1 Å². The third-order valence-corrected chi connectivity index (χ3v) is 3.22. The Hall–Kier alpha value is -0.770. The van der Waals surface area contributed by atoms with Gasteiger partial charge in [-0.25, -0.2) is 11.3 Å². The minimum atomic E-state index is -4.00. The summed E-state index contributed by atoms with van der Waals surface area (Å²) in [6.07, 6.45) is 2.59. The number of rotatable bonds is 2. The van der Waals surface area contributed by atoms with Crippen molar-refractivity contribution >= 4 is 32.5 Å². The van der Waals surface area contributed by atoms with E-state index < -0.39 is 10.1 Å². The van der Waals surface area contributed by atoms with Gasteiger partial charge in [0.2, 0.25) is 5.91 Å². The van der Waals surface area contributed by atoms with Crippen molar-refractivity contribution < 1.29 is 47.3 Å². The van der Waals surface area contributed by atoms with Crippen molar-refractivity contribution in [3.8, 4) is 0 Å². The number of benzene rings is 1. The van der Waals surface area contributed by atoms with Crippen molar-refractivity contribution in [2.75, 3.05) is 5.32 Å². The van der Waals surface area contributed by atoms with Gasteiger partial charge in [0, 0.05) is 12.1 Å². The number of hydrogen-bond donors (Lipinski definition) is 2. The molecule has 0 aliphatic heterocycles. The second-order valence-electron chi connectivity index (χ2n) is 3.25. The van der Waals surface area contributed by atoms with Gasteiger partial charge < -0.3 is 10.3 Å². The van der Waals surface area contributed by atoms with Gasteiger partial charge >= 0.3 is 29.6 Å². The number of anilines is 1. The Kier molecular flexibility index (Phi) is 8.86. The molecular weight excluding hydrogens is 311 g/mol. The number of hydrogen-bond acceptors (Lipinski definition) is 5. The fourth-order valence-electron chi connectivity index (χ4n) is 0.994. The van der Waals surface area contributed by atoms with E-state index in [0.717, 1.165) is 0 Å². The van der Waals surface area contributed by atoms with Crippen molar-refractivity contribution in [3.63, 3.8) is 0 Å². The molecule has 1 aromatic heterocycles. The first-order valence-electron chi connectivity index (χ1n) is 5.01. The third-order valence-electron chi connectivity index (χ3n) is 1.71. The maximum Gasteiger partial charge on any atom is 1.00 e. The molecule has 0 unspecified atom stereocenters. The van der Waals surface area contributed by atoms with E-state index in [9.17, 15) is 13.2 Å². The SMILES string of the molecule is CC(=O)Nc1n[c-]cs1.O=S(=O)(O)c1ccccc1.[Na+]. The molecule has 0 spiro atoms. The van der Waals surface area contributed by atoms with Crippen LogP contribution in [0, 0.1) is 6.20 Å². The Labute approximate surface area is 143 Å². The molecule has 6 nitrogen and oxygen atoms in total. The zero-order chi connectivity index (χ0) is 14.3. The second kappa shape index (κ2) is 9.22. The Morgan fingerprint density at radius 3 is 2.30 bits per heavy atom. The molecular formula is C11H11N2NaO4S2. The molecule has 1 amide bonds. The van der Waals surface area contributed by atoms with E-state index in [4.69, 9.17) is 4.55 Å². The summed E-state index contributed by atoms with van der Waals surface area (Å²) in [5.41, 5.74) is 0. The van der Waals surface area contributed by atoms with E-state index in [0.29, 0.717) is 5.13 Å². The molecule has 9 heteroatoms. The van der Waals surface area contributed by atoms with E-state index in [1.165, 1.54) is 30.4 Å². The molecule has 102 valence electrons. The van der Waals surface area contributed by atoms with Crippen molar-refractivity contribution in [2.24, 2.45) is 0 Å². The Bertz CT molecular complexity index is 615. The van der Waals surface area contributed by atoms with Crippen LogP contribution in [0.2, 0.25) is 0 Å². The summed E-state index contributed by atoms with van der Waals surface area (Å²) >= 11 is 1.35. The summed E-state index contributed by atoms with van der Waals surface area (Å²) in [4.78, 5) is 14.0. The summed E-state index contributed by atoms with van der Waals surface area (Å²) in [6.45, 7) is 1.45. The third kappa shape index (κ3) is 7.73. The number of thiazole rings is 1. The quantitative estimate of drug-likeness (QED) is 0.413. The molecule has 0 radical (unpaired) electrons. The minimum absolute atomic E-state index is 0. The fraction of sp³-hybridized carbons (Fsp3) is 0.0909. The van der Waals surface area contributed by atoms with E-state index >= 15 is 0 Å². The van der Waals surface area contributed by atoms with Crippen LogP contribution in [0.15, 0.2) is 40.6 Å². The van der Waals surface area contributed by atoms with E-state index in [1.54, 1.807) is 23.6 Å². The van der Waals surface area contributed by atoms with E-state index in [2.05, 4.69) is 16.5 Å². The number of nitrogens with one attached hydrogen (secondary N) is 1. The molecule has 0 fully saturated rings. The first kappa shape index (κ1) is 19.2. The predicted molar refractivity (Wildman–Crippen MR) is 71.5 cm³/mol. The maximum absolute atomic E-state index is 10.4. The number of aromatic nitrogens is 1. The van der Waals surface area contributed by atoms with Gasteiger partial charge in [0.05, 0.1) is 4.90 Å². The zero-order valence-electron chi connectivity index (χ0n) is 10.9. The van der Waals surface area contributed by atoms with Gasteiger partial charge in [-0.15, -0.1) is 6.20 Å². The fourth-order valence-corrected chi connectivity index (χ4v) is 2.02. The van der Waals surface area contributed by atoms with Crippen molar-refractivity contribution in [1.29, 1.82) is 0 Å². The van der Waals surface area contributed by atoms with Crippen LogP contribution >= 0.6 is 11.3 Å². The summed E-state index contributed by atoms with van der Waals surface area (Å²) in [5.74, 6) is -0.0987. The van der Waals surface area contributed by atoms with Crippen LogP contribution in [0.4, 0.5) is 5.13 Å². The summed E-state index contributed by atoms with van der Waals surface area (Å²) in [7, 11) is -4.00. The van der Waals surface area contributed by atoms with Crippen LogP contribution in [-0.2, 0) is 14.9 Å². The number of amides is 1. The molecule has 20 heavy (non-hydrogen) atoms. The smallest absolute Gasteiger partial charge is 0.428 e. The molecule has 1 aromatic carbocycles. The van der Waals surface area contributed by atoms with Gasteiger partial charge in [0.15, 0.2) is 0 Å². The summed E-state index contributed by atoms with van der Waals surface area (Å²) in [6, 6.07) is 7.42. The van der Waals surface area contributed by atoms with Crippen LogP contribution in [0.5, 0.6) is 0 Å². The molecule has 2 aromatic rings. The zero-order valence-corrected chi connectivity index (χ0v) is 14.5. The summed E-state index contributed by atoms with van der Waals surface area (Å²) < 4.78 is 29.2. The van der Waals surface area contributed by atoms with Crippen molar-refractivity contribution in [3.05, 3.63) is 41.9 Å². The molecule has 0 saturated heterocycles. The van der Waals surface area contributed by atoms with Crippen LogP contribution in [0.25, 0.3) is 0 Å². The average molecular weight is 322 g/mol. The van der Waals surface area contributed by atoms with Crippen LogP contribution in [-0.4, -0.2) is 23.9 Å². The molecule has 2 N–H and O–H groups in total. The first-order chi connectivity index (χ1) is 8.89. The number of carbonyl (C=O) groups excluding carboxylic acids is 1. The Morgan fingerprint density at radius 2 is 1.95 bits per heavy atom. The molecule has 1 heterocycles. The topological polar surface area (TPSA) is 96.4 Å². The largest absolute Gasteiger partial charge is 1.00 e. The molecule has 0 atom stereocenters. The monoisotopic (exact) mass is 322 g/mol. The maximum atomic E-state index is 10.4. The normalized spacial score (nSPS) is 9.70. The van der Waals surface area contributed by atoms with Gasteiger partial charge in [-0.3, -0.25) is 9.35 Å². The number of carbonyl (C=O) groups is 1. The molecule has 0 aliphatic carbocycles. The predicted octanol–water partition coefficient (Wildman–Crippen LogP) is -1.16. The van der Waals surface area contributed by atoms with Gasteiger partial charge in [0.25, 0.3) is 10.1 Å². The Morgan fingerprint density at radius 1 is 1.35 bits per heavy atom. The van der Waals surface area contributed by atoms with Crippen molar-refractivity contribution in [2.45, 2.75) is 11.8 Å². The molecule has 0 aliphatic rings. The minimum Gasteiger partial charge on any atom is -0.428 e. The van der Waals surface area contributed by atoms with Gasteiger partial charge in [0.1, 0.15) is 0 Å². The van der Waals surface area contributed by atoms with Crippen LogP contribution in [0.1, 0.15) is 6.92 Å². The summed E-state index contributed by atoms with van der Waals surface area (Å²) in [5, 5.41) is 4.81. The second-order valence-corrected chi connectivity index (χ2v) is 5.53. The average Bonchev–Trinajstić information content (AvgIpc) is 2.82.